The first-order valence-corrected chi connectivity index (χ1v) is 9.90. The molecule has 2 heterocycles. The van der Waals surface area contributed by atoms with E-state index in [4.69, 9.17) is 9.47 Å². The van der Waals surface area contributed by atoms with E-state index in [2.05, 4.69) is 10.1 Å². The molecule has 4 aromatic rings. The van der Waals surface area contributed by atoms with E-state index in [1.165, 1.54) is 31.2 Å². The standard InChI is InChI=1S/C24H16F3N3O4/c1-15-13-20(31)22(29-30(15)17-6-4-5-16(14-17)24(25,26)27)23(32)34-19-10-8-18(9-11-19)33-21-7-2-3-12-28-21/h2-14H,1H3. The predicted octanol–water partition coefficient (Wildman–Crippen LogP) is 4.97. The molecule has 0 aliphatic heterocycles. The third-order valence-electron chi connectivity index (χ3n) is 4.61. The van der Waals surface area contributed by atoms with Crippen molar-refractivity contribution in [1.29, 1.82) is 0 Å². The van der Waals surface area contributed by atoms with Gasteiger partial charge in [-0.2, -0.15) is 18.3 Å². The smallest absolute Gasteiger partial charge is 0.416 e. The van der Waals surface area contributed by atoms with Gasteiger partial charge < -0.3 is 9.47 Å². The van der Waals surface area contributed by atoms with Crippen molar-refractivity contribution < 1.29 is 27.4 Å². The first-order chi connectivity index (χ1) is 16.2. The summed E-state index contributed by atoms with van der Waals surface area (Å²) in [6, 6.07) is 16.7. The Labute approximate surface area is 191 Å². The van der Waals surface area contributed by atoms with Crippen LogP contribution in [0.1, 0.15) is 21.7 Å². The van der Waals surface area contributed by atoms with Crippen LogP contribution in [0.3, 0.4) is 0 Å². The summed E-state index contributed by atoms with van der Waals surface area (Å²) in [6.45, 7) is 1.49. The molecule has 7 nitrogen and oxygen atoms in total. The number of hydrogen-bond acceptors (Lipinski definition) is 6. The number of hydrogen-bond donors (Lipinski definition) is 0. The van der Waals surface area contributed by atoms with Crippen molar-refractivity contribution in [1.82, 2.24) is 14.8 Å². The van der Waals surface area contributed by atoms with Crippen LogP contribution < -0.4 is 14.9 Å². The quantitative estimate of drug-likeness (QED) is 0.305. The van der Waals surface area contributed by atoms with Gasteiger partial charge >= 0.3 is 12.1 Å². The topological polar surface area (TPSA) is 83.3 Å². The van der Waals surface area contributed by atoms with Gasteiger partial charge in [-0.3, -0.25) is 4.79 Å². The summed E-state index contributed by atoms with van der Waals surface area (Å²) < 4.78 is 51.1. The maximum atomic E-state index is 13.1. The average molecular weight is 467 g/mol. The third kappa shape index (κ3) is 5.12. The zero-order valence-electron chi connectivity index (χ0n) is 17.6. The number of halogens is 3. The van der Waals surface area contributed by atoms with Gasteiger partial charge in [0.1, 0.15) is 11.5 Å². The molecule has 0 spiro atoms. The highest BCUT2D eigenvalue weighted by Crippen LogP contribution is 2.30. The van der Waals surface area contributed by atoms with Crippen LogP contribution in [0.15, 0.2) is 83.8 Å². The second-order valence-corrected chi connectivity index (χ2v) is 7.09. The number of esters is 1. The highest BCUT2D eigenvalue weighted by molar-refractivity contribution is 5.88. The molecule has 0 unspecified atom stereocenters. The lowest BCUT2D eigenvalue weighted by Crippen LogP contribution is -2.25. The van der Waals surface area contributed by atoms with Crippen molar-refractivity contribution in [3.8, 4) is 23.1 Å². The number of benzene rings is 2. The Kier molecular flexibility index (Phi) is 6.13. The molecule has 2 aromatic carbocycles. The minimum atomic E-state index is -4.56. The molecular formula is C24H16F3N3O4. The second kappa shape index (κ2) is 9.18. The number of ether oxygens (including phenoxy) is 2. The van der Waals surface area contributed by atoms with Crippen LogP contribution in [-0.4, -0.2) is 20.7 Å². The van der Waals surface area contributed by atoms with Crippen LogP contribution in [-0.2, 0) is 6.18 Å². The van der Waals surface area contributed by atoms with Crippen molar-refractivity contribution in [3.05, 3.63) is 106 Å². The van der Waals surface area contributed by atoms with Crippen molar-refractivity contribution in [2.75, 3.05) is 0 Å². The summed E-state index contributed by atoms with van der Waals surface area (Å²) >= 11 is 0. The Balaban J connectivity index is 1.56. The Morgan fingerprint density at radius 2 is 1.68 bits per heavy atom. The summed E-state index contributed by atoms with van der Waals surface area (Å²) in [6.07, 6.45) is -2.98. The molecule has 0 radical (unpaired) electrons. The number of nitrogens with zero attached hydrogens (tertiary/aromatic N) is 3. The van der Waals surface area contributed by atoms with Crippen molar-refractivity contribution in [2.24, 2.45) is 0 Å². The fraction of sp³-hybridized carbons (Fsp3) is 0.0833. The van der Waals surface area contributed by atoms with Gasteiger partial charge in [0.15, 0.2) is 0 Å². The zero-order valence-corrected chi connectivity index (χ0v) is 17.6. The molecule has 0 atom stereocenters. The molecule has 34 heavy (non-hydrogen) atoms. The van der Waals surface area contributed by atoms with Crippen molar-refractivity contribution in [2.45, 2.75) is 13.1 Å². The fourth-order valence-corrected chi connectivity index (χ4v) is 3.02. The lowest BCUT2D eigenvalue weighted by atomic mass is 10.2. The minimum Gasteiger partial charge on any atom is -0.439 e. The van der Waals surface area contributed by atoms with Gasteiger partial charge in [-0.25, -0.2) is 14.5 Å². The highest BCUT2D eigenvalue weighted by Gasteiger charge is 2.30. The molecule has 10 heteroatoms. The predicted molar refractivity (Wildman–Crippen MR) is 115 cm³/mol. The first-order valence-electron chi connectivity index (χ1n) is 9.90. The summed E-state index contributed by atoms with van der Waals surface area (Å²) in [5, 5.41) is 3.96. The van der Waals surface area contributed by atoms with E-state index in [0.717, 1.165) is 22.9 Å². The molecule has 0 aliphatic carbocycles. The van der Waals surface area contributed by atoms with E-state index in [0.29, 0.717) is 11.6 Å². The lowest BCUT2D eigenvalue weighted by molar-refractivity contribution is -0.137. The maximum absolute atomic E-state index is 13.1. The Bertz CT molecular complexity index is 1390. The molecule has 0 bridgehead atoms. The summed E-state index contributed by atoms with van der Waals surface area (Å²) in [5.74, 6) is -0.111. The average Bonchev–Trinajstić information content (AvgIpc) is 2.80. The van der Waals surface area contributed by atoms with E-state index in [-0.39, 0.29) is 17.1 Å². The van der Waals surface area contributed by atoms with Crippen LogP contribution in [0.2, 0.25) is 0 Å². The summed E-state index contributed by atoms with van der Waals surface area (Å²) in [4.78, 5) is 29.0. The normalized spacial score (nSPS) is 11.2. The largest absolute Gasteiger partial charge is 0.439 e. The van der Waals surface area contributed by atoms with Crippen molar-refractivity contribution in [3.63, 3.8) is 0 Å². The molecule has 0 fully saturated rings. The number of rotatable bonds is 5. The van der Waals surface area contributed by atoms with Crippen LogP contribution in [0, 0.1) is 6.92 Å². The van der Waals surface area contributed by atoms with E-state index < -0.39 is 28.8 Å². The Morgan fingerprint density at radius 3 is 2.35 bits per heavy atom. The van der Waals surface area contributed by atoms with Gasteiger partial charge in [0.2, 0.25) is 17.0 Å². The third-order valence-corrected chi connectivity index (χ3v) is 4.61. The molecule has 0 aliphatic rings. The van der Waals surface area contributed by atoms with Crippen LogP contribution in [0.5, 0.6) is 17.4 Å². The van der Waals surface area contributed by atoms with Crippen molar-refractivity contribution >= 4 is 5.97 Å². The lowest BCUT2D eigenvalue weighted by Gasteiger charge is -2.13. The summed E-state index contributed by atoms with van der Waals surface area (Å²) in [7, 11) is 0. The van der Waals surface area contributed by atoms with E-state index in [1.807, 2.05) is 0 Å². The van der Waals surface area contributed by atoms with E-state index in [9.17, 15) is 22.8 Å². The molecule has 172 valence electrons. The maximum Gasteiger partial charge on any atom is 0.416 e. The van der Waals surface area contributed by atoms with Gasteiger partial charge in [0.25, 0.3) is 0 Å². The van der Waals surface area contributed by atoms with Gasteiger partial charge in [-0.05, 0) is 55.5 Å². The van der Waals surface area contributed by atoms with Crippen LogP contribution in [0.25, 0.3) is 5.69 Å². The molecule has 0 saturated carbocycles. The van der Waals surface area contributed by atoms with Crippen LogP contribution in [0.4, 0.5) is 13.2 Å². The number of carbonyl (C=O) groups is 1. The summed E-state index contributed by atoms with van der Waals surface area (Å²) in [5.41, 5.74) is -1.89. The van der Waals surface area contributed by atoms with Gasteiger partial charge in [0.05, 0.1) is 11.3 Å². The number of carbonyl (C=O) groups excluding carboxylic acids is 1. The van der Waals surface area contributed by atoms with Gasteiger partial charge in [-0.15, -0.1) is 0 Å². The molecule has 2 aromatic heterocycles. The minimum absolute atomic E-state index is 0.0393. The Morgan fingerprint density at radius 1 is 0.941 bits per heavy atom. The first kappa shape index (κ1) is 22.7. The molecular weight excluding hydrogens is 451 g/mol. The van der Waals surface area contributed by atoms with Gasteiger partial charge in [0, 0.05) is 24.0 Å². The fourth-order valence-electron chi connectivity index (χ4n) is 3.02. The highest BCUT2D eigenvalue weighted by atomic mass is 19.4. The molecule has 0 N–H and O–H groups in total. The number of pyridine rings is 1. The number of aryl methyl sites for hydroxylation is 1. The van der Waals surface area contributed by atoms with Crippen LogP contribution >= 0.6 is 0 Å². The number of alkyl halides is 3. The Hall–Kier alpha value is -4.47. The molecule has 0 saturated heterocycles. The second-order valence-electron chi connectivity index (χ2n) is 7.09. The zero-order chi connectivity index (χ0) is 24.3. The van der Waals surface area contributed by atoms with E-state index >= 15 is 0 Å². The number of aromatic nitrogens is 3. The molecule has 0 amide bonds. The monoisotopic (exact) mass is 467 g/mol. The van der Waals surface area contributed by atoms with Gasteiger partial charge in [-0.1, -0.05) is 12.1 Å². The molecule has 4 rings (SSSR count). The van der Waals surface area contributed by atoms with E-state index in [1.54, 1.807) is 36.5 Å². The SMILES string of the molecule is Cc1cc(=O)c(C(=O)Oc2ccc(Oc3ccccn3)cc2)nn1-c1cccc(C(F)(F)F)c1.